The van der Waals surface area contributed by atoms with E-state index in [1.54, 1.807) is 0 Å². The highest BCUT2D eigenvalue weighted by atomic mass is 16.5. The number of aryl methyl sites for hydroxylation is 1. The molecule has 1 aromatic heterocycles. The van der Waals surface area contributed by atoms with Gasteiger partial charge in [-0.05, 0) is 44.7 Å². The summed E-state index contributed by atoms with van der Waals surface area (Å²) < 4.78 is 5.99. The summed E-state index contributed by atoms with van der Waals surface area (Å²) in [7, 11) is 0. The van der Waals surface area contributed by atoms with Gasteiger partial charge in [0.15, 0.2) is 5.78 Å². The smallest absolute Gasteiger partial charge is 0.270 e. The van der Waals surface area contributed by atoms with E-state index in [0.717, 1.165) is 24.1 Å². The molecule has 3 rings (SSSR count). The van der Waals surface area contributed by atoms with Crippen LogP contribution in [0.2, 0.25) is 0 Å². The third-order valence-electron chi connectivity index (χ3n) is 5.06. The first-order valence-corrected chi connectivity index (χ1v) is 9.12. The number of aromatic nitrogens is 1. The number of amides is 1. The number of likely N-dealkylation sites (tertiary alicyclic amines) is 1. The standard InChI is InChI=1S/C21H26N2O3/c1-14-19(16(3)24)15(2)22-20(14)21(25)23-11-9-18(10-12-23)26-13-17-7-5-4-6-8-17/h4-8,18,22H,9-13H2,1-3H3. The van der Waals surface area contributed by atoms with Crippen LogP contribution < -0.4 is 0 Å². The van der Waals surface area contributed by atoms with E-state index < -0.39 is 0 Å². The molecule has 5 heteroatoms. The number of carbonyl (C=O) groups excluding carboxylic acids is 2. The van der Waals surface area contributed by atoms with Crippen molar-refractivity contribution < 1.29 is 14.3 Å². The Kier molecular flexibility index (Phi) is 5.57. The lowest BCUT2D eigenvalue weighted by Gasteiger charge is -2.32. The van der Waals surface area contributed by atoms with Crippen LogP contribution >= 0.6 is 0 Å². The Morgan fingerprint density at radius 1 is 1.15 bits per heavy atom. The van der Waals surface area contributed by atoms with E-state index in [1.807, 2.05) is 36.9 Å². The number of aromatic amines is 1. The number of ether oxygens (including phenoxy) is 1. The highest BCUT2D eigenvalue weighted by Crippen LogP contribution is 2.22. The van der Waals surface area contributed by atoms with Gasteiger partial charge in [-0.15, -0.1) is 0 Å². The number of rotatable bonds is 5. The highest BCUT2D eigenvalue weighted by molar-refractivity contribution is 6.02. The summed E-state index contributed by atoms with van der Waals surface area (Å²) in [5, 5.41) is 0. The second-order valence-electron chi connectivity index (χ2n) is 6.97. The van der Waals surface area contributed by atoms with Gasteiger partial charge in [0.1, 0.15) is 5.69 Å². The molecule has 0 aliphatic carbocycles. The quantitative estimate of drug-likeness (QED) is 0.834. The molecule has 0 unspecified atom stereocenters. The minimum Gasteiger partial charge on any atom is -0.373 e. The lowest BCUT2D eigenvalue weighted by molar-refractivity contribution is -0.000512. The van der Waals surface area contributed by atoms with Gasteiger partial charge in [0, 0.05) is 24.3 Å². The zero-order valence-corrected chi connectivity index (χ0v) is 15.7. The van der Waals surface area contributed by atoms with Crippen LogP contribution in [0.1, 0.15) is 57.4 Å². The van der Waals surface area contributed by atoms with Crippen LogP contribution in [0.15, 0.2) is 30.3 Å². The van der Waals surface area contributed by atoms with E-state index in [2.05, 4.69) is 17.1 Å². The van der Waals surface area contributed by atoms with Gasteiger partial charge >= 0.3 is 0 Å². The van der Waals surface area contributed by atoms with Gasteiger partial charge in [-0.25, -0.2) is 0 Å². The molecule has 1 amide bonds. The Bertz CT molecular complexity index is 787. The monoisotopic (exact) mass is 354 g/mol. The third-order valence-corrected chi connectivity index (χ3v) is 5.06. The summed E-state index contributed by atoms with van der Waals surface area (Å²) in [5.74, 6) is -0.0390. The predicted octanol–water partition coefficient (Wildman–Crippen LogP) is 3.66. The molecule has 26 heavy (non-hydrogen) atoms. The molecule has 1 aliphatic heterocycles. The first-order valence-electron chi connectivity index (χ1n) is 9.12. The van der Waals surface area contributed by atoms with Crippen molar-refractivity contribution in [1.82, 2.24) is 9.88 Å². The van der Waals surface area contributed by atoms with E-state index >= 15 is 0 Å². The van der Waals surface area contributed by atoms with Crippen molar-refractivity contribution in [2.45, 2.75) is 46.3 Å². The molecule has 1 aliphatic rings. The van der Waals surface area contributed by atoms with Crippen molar-refractivity contribution in [2.24, 2.45) is 0 Å². The molecule has 1 saturated heterocycles. The maximum Gasteiger partial charge on any atom is 0.270 e. The van der Waals surface area contributed by atoms with E-state index in [1.165, 1.54) is 12.5 Å². The third kappa shape index (κ3) is 3.88. The second kappa shape index (κ2) is 7.87. The van der Waals surface area contributed by atoms with Crippen molar-refractivity contribution >= 4 is 11.7 Å². The summed E-state index contributed by atoms with van der Waals surface area (Å²) in [6, 6.07) is 10.1. The number of H-pyrrole nitrogens is 1. The van der Waals surface area contributed by atoms with Gasteiger partial charge in [-0.1, -0.05) is 30.3 Å². The van der Waals surface area contributed by atoms with Crippen LogP contribution in [0.3, 0.4) is 0 Å². The van der Waals surface area contributed by atoms with Crippen molar-refractivity contribution in [1.29, 1.82) is 0 Å². The number of Topliss-reactive ketones (excluding diaryl/α,β-unsaturated/α-hetero) is 1. The molecule has 5 nitrogen and oxygen atoms in total. The molecule has 1 N–H and O–H groups in total. The molecule has 2 aromatic rings. The number of hydrogen-bond acceptors (Lipinski definition) is 3. The van der Waals surface area contributed by atoms with Crippen LogP contribution in [0.25, 0.3) is 0 Å². The van der Waals surface area contributed by atoms with Gasteiger partial charge < -0.3 is 14.6 Å². The van der Waals surface area contributed by atoms with Crippen LogP contribution in [0.4, 0.5) is 0 Å². The number of nitrogens with zero attached hydrogens (tertiary/aromatic N) is 1. The average molecular weight is 354 g/mol. The second-order valence-corrected chi connectivity index (χ2v) is 6.97. The van der Waals surface area contributed by atoms with E-state index in [4.69, 9.17) is 4.74 Å². The Morgan fingerprint density at radius 3 is 2.38 bits per heavy atom. The van der Waals surface area contributed by atoms with Gasteiger partial charge in [0.25, 0.3) is 5.91 Å². The van der Waals surface area contributed by atoms with Crippen LogP contribution in [-0.2, 0) is 11.3 Å². The summed E-state index contributed by atoms with van der Waals surface area (Å²) in [4.78, 5) is 29.6. The zero-order chi connectivity index (χ0) is 18.7. The minimum absolute atomic E-state index is 0.0108. The maximum absolute atomic E-state index is 12.8. The van der Waals surface area contributed by atoms with E-state index in [-0.39, 0.29) is 17.8 Å². The summed E-state index contributed by atoms with van der Waals surface area (Å²) >= 11 is 0. The van der Waals surface area contributed by atoms with Crippen molar-refractivity contribution in [3.05, 3.63) is 58.4 Å². The molecule has 0 spiro atoms. The molecular formula is C21H26N2O3. The minimum atomic E-state index is -0.0281. The number of hydrogen-bond donors (Lipinski definition) is 1. The van der Waals surface area contributed by atoms with Crippen molar-refractivity contribution in [3.8, 4) is 0 Å². The fourth-order valence-corrected chi connectivity index (χ4v) is 3.66. The van der Waals surface area contributed by atoms with Gasteiger partial charge in [0.2, 0.25) is 0 Å². The fourth-order valence-electron chi connectivity index (χ4n) is 3.66. The molecular weight excluding hydrogens is 328 g/mol. The largest absolute Gasteiger partial charge is 0.373 e. The van der Waals surface area contributed by atoms with Crippen molar-refractivity contribution in [3.63, 3.8) is 0 Å². The average Bonchev–Trinajstić information content (AvgIpc) is 2.95. The highest BCUT2D eigenvalue weighted by Gasteiger charge is 2.27. The fraction of sp³-hybridized carbons (Fsp3) is 0.429. The molecule has 0 radical (unpaired) electrons. The Hall–Kier alpha value is -2.40. The number of benzene rings is 1. The lowest BCUT2D eigenvalue weighted by atomic mass is 10.0. The molecule has 138 valence electrons. The zero-order valence-electron chi connectivity index (χ0n) is 15.7. The molecule has 1 aromatic carbocycles. The SMILES string of the molecule is CC(=O)c1c(C)[nH]c(C(=O)N2CCC(OCc3ccccc3)CC2)c1C. The molecule has 0 saturated carbocycles. The summed E-state index contributed by atoms with van der Waals surface area (Å²) in [5.41, 5.74) is 3.85. The number of piperidine rings is 1. The first kappa shape index (κ1) is 18.4. The summed E-state index contributed by atoms with van der Waals surface area (Å²) in [6.45, 7) is 7.16. The van der Waals surface area contributed by atoms with Crippen LogP contribution in [0.5, 0.6) is 0 Å². The van der Waals surface area contributed by atoms with Crippen LogP contribution in [0, 0.1) is 13.8 Å². The van der Waals surface area contributed by atoms with E-state index in [0.29, 0.717) is 31.0 Å². The predicted molar refractivity (Wildman–Crippen MR) is 100 cm³/mol. The number of ketones is 1. The van der Waals surface area contributed by atoms with Gasteiger partial charge in [0.05, 0.1) is 12.7 Å². The maximum atomic E-state index is 12.8. The summed E-state index contributed by atoms with van der Waals surface area (Å²) in [6.07, 6.45) is 1.84. The van der Waals surface area contributed by atoms with Gasteiger partial charge in [-0.3, -0.25) is 9.59 Å². The Labute approximate surface area is 154 Å². The number of carbonyl (C=O) groups is 2. The molecule has 0 bridgehead atoms. The topological polar surface area (TPSA) is 62.4 Å². The lowest BCUT2D eigenvalue weighted by Crippen LogP contribution is -2.41. The Morgan fingerprint density at radius 2 is 1.81 bits per heavy atom. The first-order chi connectivity index (χ1) is 12.5. The van der Waals surface area contributed by atoms with Crippen molar-refractivity contribution in [2.75, 3.05) is 13.1 Å². The molecule has 2 heterocycles. The molecule has 1 fully saturated rings. The van der Waals surface area contributed by atoms with Gasteiger partial charge in [-0.2, -0.15) is 0 Å². The molecule has 0 atom stereocenters. The number of nitrogens with one attached hydrogen (secondary N) is 1. The van der Waals surface area contributed by atoms with E-state index in [9.17, 15) is 9.59 Å². The normalized spacial score (nSPS) is 15.3. The van der Waals surface area contributed by atoms with Crippen LogP contribution in [-0.4, -0.2) is 40.8 Å². The Balaban J connectivity index is 1.57.